The fourth-order valence-corrected chi connectivity index (χ4v) is 4.67. The molecule has 0 amide bonds. The number of para-hydroxylation sites is 1. The number of esters is 1. The molecule has 0 bridgehead atoms. The number of carbonyl (C=O) groups excluding carboxylic acids is 1. The third kappa shape index (κ3) is 4.75. The molecule has 0 saturated heterocycles. The zero-order valence-electron chi connectivity index (χ0n) is 20.6. The lowest BCUT2D eigenvalue weighted by Gasteiger charge is -2.35. The Morgan fingerprint density at radius 3 is 2.33 bits per heavy atom. The van der Waals surface area contributed by atoms with Crippen LogP contribution >= 0.6 is 0 Å². The van der Waals surface area contributed by atoms with Gasteiger partial charge in [0, 0.05) is 30.5 Å². The fraction of sp³-hybridized carbons (Fsp3) is 0.138. The molecule has 2 heterocycles. The minimum absolute atomic E-state index is 0.000183. The molecule has 0 aliphatic heterocycles. The van der Waals surface area contributed by atoms with E-state index in [1.165, 1.54) is 24.3 Å². The summed E-state index contributed by atoms with van der Waals surface area (Å²) in [6, 6.07) is 22.6. The standard InChI is InChI=1S/C29H23N5O5/c30-25-16-31-17-26-27(25)28(18-8-12-23(13-9-18)38-22-4-2-1-3-5-22)32-33(26)21-14-24(15-21)39-29(35)19-6-10-20(11-7-19)34(36)37/h1-13,16-17,21,24H,14-15,30H2. The SMILES string of the molecule is Nc1cncc2c1c(-c1ccc(Oc3ccccc3)cc1)nn2C1CC(OC(=O)c2ccc([N+](=O)[O-])cc2)C1. The first kappa shape index (κ1) is 24.1. The van der Waals surface area contributed by atoms with Crippen molar-refractivity contribution in [3.05, 3.63) is 107 Å². The van der Waals surface area contributed by atoms with E-state index in [1.54, 1.807) is 12.4 Å². The van der Waals surface area contributed by atoms with Gasteiger partial charge in [0.15, 0.2) is 0 Å². The first-order chi connectivity index (χ1) is 19.0. The van der Waals surface area contributed by atoms with Crippen molar-refractivity contribution in [2.45, 2.75) is 25.0 Å². The highest BCUT2D eigenvalue weighted by molar-refractivity contribution is 6.01. The number of pyridine rings is 1. The molecule has 0 radical (unpaired) electrons. The number of hydrogen-bond acceptors (Lipinski definition) is 8. The van der Waals surface area contributed by atoms with Crippen LogP contribution in [-0.4, -0.2) is 31.8 Å². The quantitative estimate of drug-likeness (QED) is 0.158. The van der Waals surface area contributed by atoms with Crippen LogP contribution in [0.5, 0.6) is 11.5 Å². The van der Waals surface area contributed by atoms with Gasteiger partial charge in [-0.2, -0.15) is 5.10 Å². The van der Waals surface area contributed by atoms with Gasteiger partial charge in [-0.1, -0.05) is 18.2 Å². The maximum atomic E-state index is 12.5. The molecule has 10 nitrogen and oxygen atoms in total. The van der Waals surface area contributed by atoms with Gasteiger partial charge in [-0.05, 0) is 48.5 Å². The fourth-order valence-electron chi connectivity index (χ4n) is 4.67. The van der Waals surface area contributed by atoms with Crippen molar-refractivity contribution >= 4 is 28.2 Å². The van der Waals surface area contributed by atoms with Gasteiger partial charge in [0.25, 0.3) is 5.69 Å². The Morgan fingerprint density at radius 1 is 0.949 bits per heavy atom. The molecule has 0 unspecified atom stereocenters. The van der Waals surface area contributed by atoms with Gasteiger partial charge >= 0.3 is 5.97 Å². The van der Waals surface area contributed by atoms with E-state index in [0.29, 0.717) is 24.3 Å². The Bertz CT molecular complexity index is 1660. The largest absolute Gasteiger partial charge is 0.459 e. The van der Waals surface area contributed by atoms with E-state index in [2.05, 4.69) is 4.98 Å². The summed E-state index contributed by atoms with van der Waals surface area (Å²) in [6.07, 6.45) is 4.22. The molecule has 0 spiro atoms. The van der Waals surface area contributed by atoms with Crippen molar-refractivity contribution in [2.75, 3.05) is 5.73 Å². The van der Waals surface area contributed by atoms with E-state index in [1.807, 2.05) is 59.3 Å². The number of anilines is 1. The number of nitrogens with two attached hydrogens (primary N) is 1. The number of non-ortho nitro benzene ring substituents is 1. The van der Waals surface area contributed by atoms with Crippen LogP contribution in [0.1, 0.15) is 29.2 Å². The number of nitrogens with zero attached hydrogens (tertiary/aromatic N) is 4. The minimum atomic E-state index is -0.511. The van der Waals surface area contributed by atoms with Crippen molar-refractivity contribution in [2.24, 2.45) is 0 Å². The first-order valence-corrected chi connectivity index (χ1v) is 12.4. The first-order valence-electron chi connectivity index (χ1n) is 12.4. The van der Waals surface area contributed by atoms with E-state index in [0.717, 1.165) is 27.9 Å². The predicted molar refractivity (Wildman–Crippen MR) is 144 cm³/mol. The Labute approximate surface area is 222 Å². The van der Waals surface area contributed by atoms with Gasteiger partial charge in [-0.25, -0.2) is 4.79 Å². The third-order valence-electron chi connectivity index (χ3n) is 6.76. The van der Waals surface area contributed by atoms with Gasteiger partial charge in [-0.3, -0.25) is 19.8 Å². The Hall–Kier alpha value is -5.25. The van der Waals surface area contributed by atoms with E-state index in [9.17, 15) is 14.9 Å². The van der Waals surface area contributed by atoms with E-state index < -0.39 is 10.9 Å². The highest BCUT2D eigenvalue weighted by atomic mass is 16.6. The number of rotatable bonds is 7. The molecule has 10 heteroatoms. The number of carbonyl (C=O) groups is 1. The summed E-state index contributed by atoms with van der Waals surface area (Å²) in [6.45, 7) is 0. The number of benzene rings is 3. The van der Waals surface area contributed by atoms with E-state index >= 15 is 0 Å². The molecule has 1 saturated carbocycles. The Kier molecular flexibility index (Phi) is 6.12. The highest BCUT2D eigenvalue weighted by Crippen LogP contribution is 2.40. The molecule has 3 aromatic carbocycles. The monoisotopic (exact) mass is 521 g/mol. The summed E-state index contributed by atoms with van der Waals surface area (Å²) in [5, 5.41) is 16.6. The molecule has 194 valence electrons. The molecule has 39 heavy (non-hydrogen) atoms. The lowest BCUT2D eigenvalue weighted by atomic mass is 9.89. The van der Waals surface area contributed by atoms with Gasteiger partial charge in [0.05, 0.1) is 45.5 Å². The van der Waals surface area contributed by atoms with Crippen LogP contribution in [0.15, 0.2) is 91.3 Å². The van der Waals surface area contributed by atoms with Crippen LogP contribution < -0.4 is 10.5 Å². The van der Waals surface area contributed by atoms with E-state index in [4.69, 9.17) is 20.3 Å². The normalized spacial score (nSPS) is 16.4. The smallest absolute Gasteiger partial charge is 0.338 e. The lowest BCUT2D eigenvalue weighted by Crippen LogP contribution is -2.35. The number of nitro benzene ring substituents is 1. The third-order valence-corrected chi connectivity index (χ3v) is 6.76. The second-order valence-corrected chi connectivity index (χ2v) is 9.31. The topological polar surface area (TPSA) is 135 Å². The summed E-state index contributed by atoms with van der Waals surface area (Å²) in [4.78, 5) is 27.1. The number of nitrogen functional groups attached to an aromatic ring is 1. The number of aromatic nitrogens is 3. The zero-order valence-corrected chi connectivity index (χ0v) is 20.6. The molecule has 6 rings (SSSR count). The van der Waals surface area contributed by atoms with Gasteiger partial charge in [0.2, 0.25) is 0 Å². The number of nitro groups is 1. The summed E-state index contributed by atoms with van der Waals surface area (Å²) >= 11 is 0. The average molecular weight is 522 g/mol. The molecule has 1 fully saturated rings. The average Bonchev–Trinajstić information content (AvgIpc) is 3.32. The maximum absolute atomic E-state index is 12.5. The van der Waals surface area contributed by atoms with Crippen molar-refractivity contribution in [3.8, 4) is 22.8 Å². The van der Waals surface area contributed by atoms with Crippen LogP contribution in [-0.2, 0) is 4.74 Å². The van der Waals surface area contributed by atoms with E-state index in [-0.39, 0.29) is 23.4 Å². The molecule has 1 aliphatic rings. The number of fused-ring (bicyclic) bond motifs is 1. The summed E-state index contributed by atoms with van der Waals surface area (Å²) in [7, 11) is 0. The van der Waals surface area contributed by atoms with Crippen LogP contribution in [0.3, 0.4) is 0 Å². The minimum Gasteiger partial charge on any atom is -0.459 e. The number of hydrogen-bond donors (Lipinski definition) is 1. The molecule has 2 N–H and O–H groups in total. The molecular formula is C29H23N5O5. The molecule has 1 aliphatic carbocycles. The van der Waals surface area contributed by atoms with Gasteiger partial charge in [0.1, 0.15) is 23.3 Å². The van der Waals surface area contributed by atoms with Crippen LogP contribution in [0.2, 0.25) is 0 Å². The lowest BCUT2D eigenvalue weighted by molar-refractivity contribution is -0.384. The molecule has 0 atom stereocenters. The molecular weight excluding hydrogens is 498 g/mol. The van der Waals surface area contributed by atoms with Gasteiger partial charge < -0.3 is 15.2 Å². The molecule has 2 aromatic heterocycles. The highest BCUT2D eigenvalue weighted by Gasteiger charge is 2.36. The Morgan fingerprint density at radius 2 is 1.64 bits per heavy atom. The number of ether oxygens (including phenoxy) is 2. The van der Waals surface area contributed by atoms with Crippen molar-refractivity contribution < 1.29 is 19.2 Å². The predicted octanol–water partition coefficient (Wildman–Crippen LogP) is 5.94. The maximum Gasteiger partial charge on any atom is 0.338 e. The Balaban J connectivity index is 1.19. The zero-order chi connectivity index (χ0) is 26.9. The summed E-state index contributed by atoms with van der Waals surface area (Å²) < 4.78 is 13.4. The van der Waals surface area contributed by atoms with Crippen LogP contribution in [0.25, 0.3) is 22.2 Å². The van der Waals surface area contributed by atoms with Crippen LogP contribution in [0, 0.1) is 10.1 Å². The summed E-state index contributed by atoms with van der Waals surface area (Å²) in [5.74, 6) is 0.951. The van der Waals surface area contributed by atoms with Crippen molar-refractivity contribution in [3.63, 3.8) is 0 Å². The van der Waals surface area contributed by atoms with Crippen LogP contribution in [0.4, 0.5) is 11.4 Å². The second-order valence-electron chi connectivity index (χ2n) is 9.31. The van der Waals surface area contributed by atoms with Gasteiger partial charge in [-0.15, -0.1) is 0 Å². The van der Waals surface area contributed by atoms with Crippen molar-refractivity contribution in [1.29, 1.82) is 0 Å². The van der Waals surface area contributed by atoms with Crippen molar-refractivity contribution in [1.82, 2.24) is 14.8 Å². The second kappa shape index (κ2) is 9.90. The molecule has 5 aromatic rings. The summed E-state index contributed by atoms with van der Waals surface area (Å²) in [5.41, 5.74) is 9.48.